The summed E-state index contributed by atoms with van der Waals surface area (Å²) in [6, 6.07) is 6.69. The SMILES string of the molecule is CCN1CCCC1CN(Cc1cc2ccc(C)c(C)c2[nH]c1=O)C(=S)NC. The number of nitrogens with one attached hydrogen (secondary N) is 2. The zero-order chi connectivity index (χ0) is 19.6. The van der Waals surface area contributed by atoms with Gasteiger partial charge in [0.15, 0.2) is 5.11 Å². The highest BCUT2D eigenvalue weighted by Crippen LogP contribution is 2.21. The minimum absolute atomic E-state index is 0.0288. The van der Waals surface area contributed by atoms with Crippen molar-refractivity contribution in [2.24, 2.45) is 0 Å². The first-order valence-corrected chi connectivity index (χ1v) is 10.2. The van der Waals surface area contributed by atoms with Crippen molar-refractivity contribution in [1.29, 1.82) is 0 Å². The smallest absolute Gasteiger partial charge is 0.253 e. The predicted molar refractivity (Wildman–Crippen MR) is 116 cm³/mol. The van der Waals surface area contributed by atoms with E-state index in [9.17, 15) is 4.79 Å². The van der Waals surface area contributed by atoms with E-state index in [1.54, 1.807) is 0 Å². The molecule has 1 aromatic heterocycles. The molecule has 0 aliphatic carbocycles. The van der Waals surface area contributed by atoms with Gasteiger partial charge >= 0.3 is 0 Å². The molecule has 0 saturated carbocycles. The topological polar surface area (TPSA) is 51.4 Å². The van der Waals surface area contributed by atoms with Crippen LogP contribution in [0, 0.1) is 13.8 Å². The molecular weight excluding hydrogens is 356 g/mol. The van der Waals surface area contributed by atoms with Gasteiger partial charge in [0.25, 0.3) is 5.56 Å². The van der Waals surface area contributed by atoms with Crippen molar-refractivity contribution in [3.8, 4) is 0 Å². The van der Waals surface area contributed by atoms with Crippen LogP contribution < -0.4 is 10.9 Å². The van der Waals surface area contributed by atoms with Gasteiger partial charge in [0, 0.05) is 25.2 Å². The van der Waals surface area contributed by atoms with Crippen LogP contribution in [0.4, 0.5) is 0 Å². The van der Waals surface area contributed by atoms with Crippen LogP contribution in [0.25, 0.3) is 10.9 Å². The van der Waals surface area contributed by atoms with Crippen molar-refractivity contribution in [3.05, 3.63) is 45.2 Å². The number of nitrogens with zero attached hydrogens (tertiary/aromatic N) is 2. The summed E-state index contributed by atoms with van der Waals surface area (Å²) in [5.74, 6) is 0. The van der Waals surface area contributed by atoms with Crippen molar-refractivity contribution >= 4 is 28.2 Å². The van der Waals surface area contributed by atoms with E-state index in [0.717, 1.165) is 41.7 Å². The largest absolute Gasteiger partial charge is 0.366 e. The molecule has 146 valence electrons. The van der Waals surface area contributed by atoms with E-state index in [2.05, 4.69) is 53.0 Å². The Morgan fingerprint density at radius 3 is 2.89 bits per heavy atom. The average Bonchev–Trinajstić information content (AvgIpc) is 3.12. The van der Waals surface area contributed by atoms with Crippen molar-refractivity contribution < 1.29 is 0 Å². The Morgan fingerprint density at radius 1 is 1.41 bits per heavy atom. The molecule has 6 heteroatoms. The van der Waals surface area contributed by atoms with Gasteiger partial charge in [0.05, 0.1) is 12.1 Å². The fraction of sp³-hybridized carbons (Fsp3) is 0.524. The molecule has 1 fully saturated rings. The Bertz CT molecular complexity index is 892. The molecule has 0 radical (unpaired) electrons. The minimum Gasteiger partial charge on any atom is -0.366 e. The zero-order valence-corrected chi connectivity index (χ0v) is 17.6. The van der Waals surface area contributed by atoms with Crippen LogP contribution in [-0.4, -0.2) is 52.6 Å². The average molecular weight is 387 g/mol. The summed E-state index contributed by atoms with van der Waals surface area (Å²) in [5, 5.41) is 4.85. The van der Waals surface area contributed by atoms with Gasteiger partial charge in [0.1, 0.15) is 0 Å². The molecule has 0 amide bonds. The molecule has 1 aromatic carbocycles. The Balaban J connectivity index is 1.89. The Morgan fingerprint density at radius 2 is 2.19 bits per heavy atom. The van der Waals surface area contributed by atoms with Gasteiger partial charge in [-0.15, -0.1) is 0 Å². The van der Waals surface area contributed by atoms with Crippen LogP contribution in [-0.2, 0) is 6.54 Å². The molecule has 1 aliphatic rings. The van der Waals surface area contributed by atoms with Crippen molar-refractivity contribution in [3.63, 3.8) is 0 Å². The maximum atomic E-state index is 12.7. The lowest BCUT2D eigenvalue weighted by Gasteiger charge is -2.31. The second-order valence-electron chi connectivity index (χ2n) is 7.46. The summed E-state index contributed by atoms with van der Waals surface area (Å²) in [4.78, 5) is 20.5. The third-order valence-electron chi connectivity index (χ3n) is 5.83. The lowest BCUT2D eigenvalue weighted by atomic mass is 10.0. The molecule has 3 rings (SSSR count). The molecular formula is C21H30N4OS. The molecule has 5 nitrogen and oxygen atoms in total. The number of thiocarbonyl (C=S) groups is 1. The highest BCUT2D eigenvalue weighted by atomic mass is 32.1. The van der Waals surface area contributed by atoms with Gasteiger partial charge in [-0.05, 0) is 74.6 Å². The first kappa shape index (κ1) is 19.8. The van der Waals surface area contributed by atoms with E-state index in [4.69, 9.17) is 12.2 Å². The molecule has 1 unspecified atom stereocenters. The fourth-order valence-electron chi connectivity index (χ4n) is 4.04. The summed E-state index contributed by atoms with van der Waals surface area (Å²) >= 11 is 5.55. The monoisotopic (exact) mass is 386 g/mol. The fourth-order valence-corrected chi connectivity index (χ4v) is 4.18. The Kier molecular flexibility index (Phi) is 6.17. The normalized spacial score (nSPS) is 17.4. The molecule has 2 aromatic rings. The van der Waals surface area contributed by atoms with Crippen molar-refractivity contribution in [2.45, 2.75) is 46.2 Å². The van der Waals surface area contributed by atoms with Crippen LogP contribution in [0.1, 0.15) is 36.5 Å². The maximum absolute atomic E-state index is 12.7. The number of aryl methyl sites for hydroxylation is 2. The molecule has 27 heavy (non-hydrogen) atoms. The number of aromatic amines is 1. The van der Waals surface area contributed by atoms with Crippen LogP contribution in [0.2, 0.25) is 0 Å². The van der Waals surface area contributed by atoms with E-state index in [-0.39, 0.29) is 5.56 Å². The number of rotatable bonds is 5. The number of hydrogen-bond acceptors (Lipinski definition) is 3. The Labute approximate surface area is 166 Å². The first-order chi connectivity index (χ1) is 12.9. The lowest BCUT2D eigenvalue weighted by molar-refractivity contribution is 0.219. The summed E-state index contributed by atoms with van der Waals surface area (Å²) in [6.45, 7) is 9.89. The molecule has 2 heterocycles. The molecule has 1 aliphatic heterocycles. The molecule has 0 bridgehead atoms. The van der Waals surface area contributed by atoms with Gasteiger partial charge in [-0.3, -0.25) is 9.69 Å². The van der Waals surface area contributed by atoms with Gasteiger partial charge in [-0.25, -0.2) is 0 Å². The number of likely N-dealkylation sites (N-methyl/N-ethyl adjacent to an activating group) is 1. The quantitative estimate of drug-likeness (QED) is 0.774. The van der Waals surface area contributed by atoms with Crippen LogP contribution in [0.15, 0.2) is 23.0 Å². The van der Waals surface area contributed by atoms with Crippen LogP contribution in [0.5, 0.6) is 0 Å². The van der Waals surface area contributed by atoms with Gasteiger partial charge in [-0.2, -0.15) is 0 Å². The van der Waals surface area contributed by atoms with Gasteiger partial charge in [-0.1, -0.05) is 19.1 Å². The minimum atomic E-state index is -0.0288. The van der Waals surface area contributed by atoms with E-state index >= 15 is 0 Å². The number of likely N-dealkylation sites (tertiary alicyclic amines) is 1. The molecule has 1 saturated heterocycles. The lowest BCUT2D eigenvalue weighted by Crippen LogP contribution is -2.46. The molecule has 1 atom stereocenters. The second-order valence-corrected chi connectivity index (χ2v) is 7.84. The van der Waals surface area contributed by atoms with E-state index in [0.29, 0.717) is 17.7 Å². The highest BCUT2D eigenvalue weighted by Gasteiger charge is 2.26. The molecule has 0 spiro atoms. The van der Waals surface area contributed by atoms with E-state index in [1.165, 1.54) is 18.4 Å². The number of aromatic nitrogens is 1. The van der Waals surface area contributed by atoms with E-state index < -0.39 is 0 Å². The van der Waals surface area contributed by atoms with Crippen molar-refractivity contribution in [1.82, 2.24) is 20.1 Å². The maximum Gasteiger partial charge on any atom is 0.253 e. The standard InChI is InChI=1S/C21H30N4OS/c1-5-24-10-6-7-18(24)13-25(21(27)22-4)12-17-11-16-9-8-14(2)15(3)19(16)23-20(17)26/h8-9,11,18H,5-7,10,12-13H2,1-4H3,(H,22,27)(H,23,26). The van der Waals surface area contributed by atoms with E-state index in [1.807, 2.05) is 13.1 Å². The Hall–Kier alpha value is -1.92. The summed E-state index contributed by atoms with van der Waals surface area (Å²) in [5.41, 5.74) is 3.97. The summed E-state index contributed by atoms with van der Waals surface area (Å²) < 4.78 is 0. The zero-order valence-electron chi connectivity index (χ0n) is 16.8. The molecule has 2 N–H and O–H groups in total. The number of hydrogen-bond donors (Lipinski definition) is 2. The number of benzene rings is 1. The predicted octanol–water partition coefficient (Wildman–Crippen LogP) is 2.94. The number of fused-ring (bicyclic) bond motifs is 1. The van der Waals surface area contributed by atoms with Crippen LogP contribution in [0.3, 0.4) is 0 Å². The first-order valence-electron chi connectivity index (χ1n) is 9.77. The summed E-state index contributed by atoms with van der Waals surface area (Å²) in [7, 11) is 1.85. The second kappa shape index (κ2) is 8.40. The third kappa shape index (κ3) is 4.17. The number of H-pyrrole nitrogens is 1. The van der Waals surface area contributed by atoms with Crippen LogP contribution >= 0.6 is 12.2 Å². The van der Waals surface area contributed by atoms with Gasteiger partial charge in [0.2, 0.25) is 0 Å². The number of pyridine rings is 1. The van der Waals surface area contributed by atoms with Gasteiger partial charge < -0.3 is 15.2 Å². The summed E-state index contributed by atoms with van der Waals surface area (Å²) in [6.07, 6.45) is 2.41. The highest BCUT2D eigenvalue weighted by molar-refractivity contribution is 7.80. The third-order valence-corrected chi connectivity index (χ3v) is 6.29. The van der Waals surface area contributed by atoms with Crippen molar-refractivity contribution in [2.75, 3.05) is 26.7 Å².